The summed E-state index contributed by atoms with van der Waals surface area (Å²) in [6, 6.07) is 5.02. The average Bonchev–Trinajstić information content (AvgIpc) is 2.40. The largest absolute Gasteiger partial charge is 0.398 e. The van der Waals surface area contributed by atoms with Gasteiger partial charge < -0.3 is 11.1 Å². The van der Waals surface area contributed by atoms with Crippen LogP contribution in [0, 0.1) is 6.92 Å². The smallest absolute Gasteiger partial charge is 0.259 e. The summed E-state index contributed by atoms with van der Waals surface area (Å²) in [5, 5.41) is 2.56. The second kappa shape index (κ2) is 4.73. The monoisotopic (exact) mass is 311 g/mol. The number of nitrogens with zero attached hydrogens (tertiary/aromatic N) is 1. The van der Waals surface area contributed by atoms with Gasteiger partial charge in [0.05, 0.1) is 0 Å². The van der Waals surface area contributed by atoms with Crippen LogP contribution in [-0.2, 0) is 19.6 Å². The maximum absolute atomic E-state index is 11.9. The zero-order chi connectivity index (χ0) is 16.0. The molecule has 0 aliphatic carbocycles. The van der Waals surface area contributed by atoms with E-state index in [0.717, 1.165) is 0 Å². The van der Waals surface area contributed by atoms with Crippen molar-refractivity contribution in [1.82, 2.24) is 4.31 Å². The van der Waals surface area contributed by atoms with Crippen LogP contribution >= 0.6 is 0 Å². The zero-order valence-corrected chi connectivity index (χ0v) is 12.8. The Balaban J connectivity index is 2.11. The molecule has 114 valence electrons. The molecule has 1 saturated heterocycles. The quantitative estimate of drug-likeness (QED) is 0.788. The van der Waals surface area contributed by atoms with Gasteiger partial charge in [-0.15, -0.1) is 0 Å². The molecule has 0 saturated carbocycles. The number of hydrogen-bond donors (Lipinski definition) is 2. The van der Waals surface area contributed by atoms with E-state index in [1.807, 2.05) is 0 Å². The summed E-state index contributed by atoms with van der Waals surface area (Å²) in [7, 11) is -3.76. The van der Waals surface area contributed by atoms with E-state index in [-0.39, 0.29) is 0 Å². The first-order valence-electron chi connectivity index (χ1n) is 6.30. The molecule has 21 heavy (non-hydrogen) atoms. The lowest BCUT2D eigenvalue weighted by Crippen LogP contribution is -2.68. The van der Waals surface area contributed by atoms with E-state index < -0.39 is 33.1 Å². The van der Waals surface area contributed by atoms with Crippen molar-refractivity contribution in [2.24, 2.45) is 0 Å². The van der Waals surface area contributed by atoms with Crippen molar-refractivity contribution in [3.05, 3.63) is 23.8 Å². The second-order valence-electron chi connectivity index (χ2n) is 5.40. The van der Waals surface area contributed by atoms with Crippen LogP contribution in [0.4, 0.5) is 11.4 Å². The summed E-state index contributed by atoms with van der Waals surface area (Å²) < 4.78 is 22.9. The summed E-state index contributed by atoms with van der Waals surface area (Å²) in [6.45, 7) is 3.85. The lowest BCUT2D eigenvalue weighted by molar-refractivity contribution is -0.134. The number of hydrogen-bond acceptors (Lipinski definition) is 5. The van der Waals surface area contributed by atoms with E-state index in [4.69, 9.17) is 5.73 Å². The minimum atomic E-state index is -3.76. The normalized spacial score (nSPS) is 19.0. The number of nitrogen functional groups attached to an aromatic ring is 1. The van der Waals surface area contributed by atoms with Gasteiger partial charge in [0.2, 0.25) is 5.91 Å². The maximum atomic E-state index is 11.9. The summed E-state index contributed by atoms with van der Waals surface area (Å²) in [5.74, 6) is -1.17. The van der Waals surface area contributed by atoms with Crippen LogP contribution in [-0.4, -0.2) is 35.8 Å². The Morgan fingerprint density at radius 3 is 2.57 bits per heavy atom. The molecule has 0 aromatic heterocycles. The predicted octanol–water partition coefficient (Wildman–Crippen LogP) is 0.466. The summed E-state index contributed by atoms with van der Waals surface area (Å²) in [4.78, 5) is 23.7. The molecular weight excluding hydrogens is 294 g/mol. The van der Waals surface area contributed by atoms with Crippen LogP contribution in [0.3, 0.4) is 0 Å². The Morgan fingerprint density at radius 1 is 1.38 bits per heavy atom. The molecular formula is C13H17N3O4S. The molecule has 0 bridgehead atoms. The van der Waals surface area contributed by atoms with Crippen LogP contribution < -0.4 is 11.1 Å². The van der Waals surface area contributed by atoms with Crippen molar-refractivity contribution in [1.29, 1.82) is 0 Å². The molecule has 0 atom stereocenters. The van der Waals surface area contributed by atoms with Gasteiger partial charge in [0, 0.05) is 11.4 Å². The van der Waals surface area contributed by atoms with E-state index in [9.17, 15) is 18.0 Å². The average molecular weight is 311 g/mol. The molecule has 3 N–H and O–H groups in total. The summed E-state index contributed by atoms with van der Waals surface area (Å²) in [5.41, 5.74) is 7.41. The highest BCUT2D eigenvalue weighted by Crippen LogP contribution is 2.34. The fourth-order valence-electron chi connectivity index (χ4n) is 2.02. The van der Waals surface area contributed by atoms with Crippen molar-refractivity contribution in [2.45, 2.75) is 25.5 Å². The van der Waals surface area contributed by atoms with Gasteiger partial charge in [-0.25, -0.2) is 12.7 Å². The van der Waals surface area contributed by atoms with Crippen LogP contribution in [0.2, 0.25) is 0 Å². The first-order chi connectivity index (χ1) is 9.59. The molecule has 0 radical (unpaired) electrons. The number of benzene rings is 1. The summed E-state index contributed by atoms with van der Waals surface area (Å²) >= 11 is 0. The Labute approximate surface area is 123 Å². The third-order valence-electron chi connectivity index (χ3n) is 3.61. The number of amides is 2. The molecule has 1 heterocycles. The van der Waals surface area contributed by atoms with Gasteiger partial charge >= 0.3 is 0 Å². The minimum absolute atomic E-state index is 0.490. The van der Waals surface area contributed by atoms with E-state index in [2.05, 4.69) is 5.32 Å². The number of nitrogens with two attached hydrogens (primary N) is 1. The number of anilines is 2. The molecule has 2 amide bonds. The third-order valence-corrected chi connectivity index (χ3v) is 5.95. The molecule has 7 nitrogen and oxygen atoms in total. The number of sulfonamides is 1. The fourth-order valence-corrected chi connectivity index (χ4v) is 3.51. The molecule has 1 fully saturated rings. The molecule has 1 aromatic carbocycles. The standard InChI is InChI=1S/C13H17N3O4S/c1-8-9(14)5-4-6-10(8)15-11(17)7-16-12(18)13(2,3)21(16,19)20/h4-6H,7,14H2,1-3H3,(H,15,17). The van der Waals surface area contributed by atoms with Crippen LogP contribution in [0.25, 0.3) is 0 Å². The van der Waals surface area contributed by atoms with Crippen LogP contribution in [0.1, 0.15) is 19.4 Å². The van der Waals surface area contributed by atoms with E-state index in [0.29, 0.717) is 21.2 Å². The highest BCUT2D eigenvalue weighted by molar-refractivity contribution is 7.94. The molecule has 2 rings (SSSR count). The van der Waals surface area contributed by atoms with Gasteiger partial charge in [0.1, 0.15) is 6.54 Å². The Kier molecular flexibility index (Phi) is 3.45. The van der Waals surface area contributed by atoms with Gasteiger partial charge in [0.25, 0.3) is 15.9 Å². The molecule has 1 aliphatic heterocycles. The SMILES string of the molecule is Cc1c(N)cccc1NC(=O)CN1C(=O)C(C)(C)S1(=O)=O. The van der Waals surface area contributed by atoms with Gasteiger partial charge in [-0.2, -0.15) is 0 Å². The van der Waals surface area contributed by atoms with Crippen molar-refractivity contribution in [3.63, 3.8) is 0 Å². The highest BCUT2D eigenvalue weighted by Gasteiger charge is 2.60. The number of nitrogens with one attached hydrogen (secondary N) is 1. The van der Waals surface area contributed by atoms with E-state index in [1.54, 1.807) is 25.1 Å². The third kappa shape index (κ3) is 2.25. The topological polar surface area (TPSA) is 110 Å². The van der Waals surface area contributed by atoms with Crippen molar-refractivity contribution in [3.8, 4) is 0 Å². The first-order valence-corrected chi connectivity index (χ1v) is 7.74. The predicted molar refractivity (Wildman–Crippen MR) is 78.9 cm³/mol. The number of rotatable bonds is 3. The molecule has 0 unspecified atom stereocenters. The first kappa shape index (κ1) is 15.3. The van der Waals surface area contributed by atoms with Crippen molar-refractivity contribution in [2.75, 3.05) is 17.6 Å². The van der Waals surface area contributed by atoms with Crippen LogP contribution in [0.15, 0.2) is 18.2 Å². The highest BCUT2D eigenvalue weighted by atomic mass is 32.2. The molecule has 1 aromatic rings. The van der Waals surface area contributed by atoms with Gasteiger partial charge in [-0.1, -0.05) is 6.07 Å². The maximum Gasteiger partial charge on any atom is 0.259 e. The van der Waals surface area contributed by atoms with E-state index in [1.165, 1.54) is 13.8 Å². The van der Waals surface area contributed by atoms with Gasteiger partial charge in [0.15, 0.2) is 4.75 Å². The lowest BCUT2D eigenvalue weighted by Gasteiger charge is -2.42. The Bertz CT molecular complexity index is 725. The van der Waals surface area contributed by atoms with Gasteiger partial charge in [-0.05, 0) is 38.5 Å². The zero-order valence-electron chi connectivity index (χ0n) is 12.0. The fraction of sp³-hybridized carbons (Fsp3) is 0.385. The molecule has 0 spiro atoms. The van der Waals surface area contributed by atoms with Gasteiger partial charge in [-0.3, -0.25) is 9.59 Å². The molecule has 8 heteroatoms. The second-order valence-corrected chi connectivity index (χ2v) is 7.81. The minimum Gasteiger partial charge on any atom is -0.398 e. The Morgan fingerprint density at radius 2 is 2.00 bits per heavy atom. The molecule has 1 aliphatic rings. The van der Waals surface area contributed by atoms with Crippen molar-refractivity contribution >= 4 is 33.2 Å². The van der Waals surface area contributed by atoms with E-state index >= 15 is 0 Å². The van der Waals surface area contributed by atoms with Crippen LogP contribution in [0.5, 0.6) is 0 Å². The summed E-state index contributed by atoms with van der Waals surface area (Å²) in [6.07, 6.45) is 0. The van der Waals surface area contributed by atoms with Crippen molar-refractivity contribution < 1.29 is 18.0 Å². The Hall–Kier alpha value is -2.09. The number of carbonyl (C=O) groups is 2. The lowest BCUT2D eigenvalue weighted by atomic mass is 10.1. The number of carbonyl (C=O) groups excluding carboxylic acids is 2.